The molecule has 3 aromatic rings. The van der Waals surface area contributed by atoms with E-state index in [4.69, 9.17) is 27.9 Å². The van der Waals surface area contributed by atoms with E-state index in [1.165, 1.54) is 7.11 Å². The van der Waals surface area contributed by atoms with Crippen LogP contribution in [0.4, 0.5) is 5.82 Å². The summed E-state index contributed by atoms with van der Waals surface area (Å²) in [6, 6.07) is 12.2. The number of esters is 1. The number of aromatic nitrogens is 2. The summed E-state index contributed by atoms with van der Waals surface area (Å²) in [5.41, 5.74) is 4.72. The Hall–Kier alpha value is -3.09. The van der Waals surface area contributed by atoms with Gasteiger partial charge in [0.25, 0.3) is 0 Å². The van der Waals surface area contributed by atoms with E-state index in [0.29, 0.717) is 22.0 Å². The van der Waals surface area contributed by atoms with E-state index in [1.54, 1.807) is 30.5 Å². The standard InChI is InChI=1S/C24H19Cl2N3O3/c1-32-24(31)14-7-5-13(6-8-14)16-12-27-29-22(15-9-10-17(25)18(26)11-15)21-19(28-23(16)29)3-2-4-20(21)30/h5-12,22,28H,2-4H2,1H3. The number of carbonyl (C=O) groups is 2. The molecule has 0 radical (unpaired) electrons. The Balaban J connectivity index is 1.64. The lowest BCUT2D eigenvalue weighted by Gasteiger charge is -2.33. The number of nitrogens with zero attached hydrogens (tertiary/aromatic N) is 2. The lowest BCUT2D eigenvalue weighted by molar-refractivity contribution is -0.116. The van der Waals surface area contributed by atoms with Crippen LogP contribution in [0.25, 0.3) is 11.1 Å². The molecule has 2 aliphatic rings. The number of benzene rings is 2. The lowest BCUT2D eigenvalue weighted by Crippen LogP contribution is -2.31. The number of allylic oxidation sites excluding steroid dienone is 2. The minimum Gasteiger partial charge on any atom is -0.465 e. The molecule has 1 unspecified atom stereocenters. The fourth-order valence-electron chi connectivity index (χ4n) is 4.36. The monoisotopic (exact) mass is 467 g/mol. The van der Waals surface area contributed by atoms with Gasteiger partial charge in [0, 0.05) is 23.3 Å². The molecule has 1 aromatic heterocycles. The Morgan fingerprint density at radius 2 is 1.91 bits per heavy atom. The minimum absolute atomic E-state index is 0.111. The van der Waals surface area contributed by atoms with E-state index in [0.717, 1.165) is 46.6 Å². The van der Waals surface area contributed by atoms with Crippen LogP contribution in [0, 0.1) is 0 Å². The molecule has 8 heteroatoms. The molecule has 5 rings (SSSR count). The van der Waals surface area contributed by atoms with Gasteiger partial charge in [0.05, 0.1) is 28.9 Å². The van der Waals surface area contributed by atoms with Crippen LogP contribution in [0.1, 0.15) is 41.2 Å². The molecule has 162 valence electrons. The van der Waals surface area contributed by atoms with Crippen molar-refractivity contribution in [2.45, 2.75) is 25.3 Å². The van der Waals surface area contributed by atoms with Gasteiger partial charge in [0.15, 0.2) is 5.78 Å². The Kier molecular flexibility index (Phi) is 5.27. The molecule has 1 aliphatic carbocycles. The van der Waals surface area contributed by atoms with Gasteiger partial charge in [-0.2, -0.15) is 5.10 Å². The summed E-state index contributed by atoms with van der Waals surface area (Å²) in [5.74, 6) is 0.516. The van der Waals surface area contributed by atoms with E-state index in [2.05, 4.69) is 10.4 Å². The third-order valence-electron chi connectivity index (χ3n) is 5.92. The maximum absolute atomic E-state index is 12.9. The number of rotatable bonds is 3. The van der Waals surface area contributed by atoms with Gasteiger partial charge in [0.2, 0.25) is 0 Å². The smallest absolute Gasteiger partial charge is 0.337 e. The molecule has 0 fully saturated rings. The molecule has 2 aromatic carbocycles. The molecule has 0 amide bonds. The first-order chi connectivity index (χ1) is 15.5. The molecule has 1 N–H and O–H groups in total. The summed E-state index contributed by atoms with van der Waals surface area (Å²) in [4.78, 5) is 24.7. The molecule has 0 saturated heterocycles. The van der Waals surface area contributed by atoms with E-state index in [-0.39, 0.29) is 11.8 Å². The van der Waals surface area contributed by atoms with Crippen LogP contribution in [0.3, 0.4) is 0 Å². The number of ether oxygens (including phenoxy) is 1. The van der Waals surface area contributed by atoms with Gasteiger partial charge in [-0.1, -0.05) is 41.4 Å². The molecule has 32 heavy (non-hydrogen) atoms. The Labute approximate surface area is 194 Å². The topological polar surface area (TPSA) is 73.2 Å². The molecule has 0 saturated carbocycles. The largest absolute Gasteiger partial charge is 0.465 e. The van der Waals surface area contributed by atoms with E-state index in [1.807, 2.05) is 22.9 Å². The number of anilines is 1. The highest BCUT2D eigenvalue weighted by atomic mass is 35.5. The van der Waals surface area contributed by atoms with Crippen molar-refractivity contribution < 1.29 is 14.3 Å². The molecular formula is C24H19Cl2N3O3. The highest BCUT2D eigenvalue weighted by Gasteiger charge is 2.37. The average Bonchev–Trinajstić information content (AvgIpc) is 3.23. The summed E-state index contributed by atoms with van der Waals surface area (Å²) in [5, 5.41) is 8.99. The van der Waals surface area contributed by atoms with Gasteiger partial charge in [-0.3, -0.25) is 4.79 Å². The van der Waals surface area contributed by atoms with Crippen LogP contribution in [0.5, 0.6) is 0 Å². The van der Waals surface area contributed by atoms with Crippen molar-refractivity contribution >= 4 is 40.8 Å². The summed E-state index contributed by atoms with van der Waals surface area (Å²) in [7, 11) is 1.36. The van der Waals surface area contributed by atoms with Crippen LogP contribution in [0.15, 0.2) is 59.9 Å². The second-order valence-electron chi connectivity index (χ2n) is 7.79. The molecule has 0 bridgehead atoms. The number of hydrogen-bond acceptors (Lipinski definition) is 5. The number of hydrogen-bond donors (Lipinski definition) is 1. The molecule has 1 aliphatic heterocycles. The van der Waals surface area contributed by atoms with Crippen LogP contribution < -0.4 is 5.32 Å². The zero-order valence-electron chi connectivity index (χ0n) is 17.2. The first kappa shape index (κ1) is 20.8. The predicted molar refractivity (Wildman–Crippen MR) is 123 cm³/mol. The molecule has 2 heterocycles. The van der Waals surface area contributed by atoms with E-state index in [9.17, 15) is 9.59 Å². The van der Waals surface area contributed by atoms with Crippen molar-refractivity contribution in [2.24, 2.45) is 0 Å². The molecule has 1 atom stereocenters. The van der Waals surface area contributed by atoms with Gasteiger partial charge in [-0.15, -0.1) is 0 Å². The molecule has 6 nitrogen and oxygen atoms in total. The van der Waals surface area contributed by atoms with Crippen molar-refractivity contribution in [3.8, 4) is 11.1 Å². The van der Waals surface area contributed by atoms with Crippen LogP contribution >= 0.6 is 23.2 Å². The quantitative estimate of drug-likeness (QED) is 0.502. The minimum atomic E-state index is -0.396. The number of methoxy groups -OCH3 is 1. The van der Waals surface area contributed by atoms with Crippen molar-refractivity contribution in [1.82, 2.24) is 9.78 Å². The van der Waals surface area contributed by atoms with Crippen molar-refractivity contribution in [3.05, 3.63) is 81.1 Å². The summed E-state index contributed by atoms with van der Waals surface area (Å²) in [6.45, 7) is 0. The number of halogens is 2. The van der Waals surface area contributed by atoms with E-state index >= 15 is 0 Å². The highest BCUT2D eigenvalue weighted by molar-refractivity contribution is 6.42. The normalized spacial score (nSPS) is 17.5. The SMILES string of the molecule is COC(=O)c1ccc(-c2cnn3c2NC2=C(C(=O)CCC2)C3c2ccc(Cl)c(Cl)c2)cc1. The van der Waals surface area contributed by atoms with Crippen molar-refractivity contribution in [2.75, 3.05) is 12.4 Å². The van der Waals surface area contributed by atoms with Gasteiger partial charge in [0.1, 0.15) is 11.9 Å². The third-order valence-corrected chi connectivity index (χ3v) is 6.65. The average molecular weight is 468 g/mol. The van der Waals surface area contributed by atoms with Gasteiger partial charge in [-0.25, -0.2) is 9.48 Å². The number of Topliss-reactive ketones (excluding diaryl/α,β-unsaturated/α-hetero) is 1. The third kappa shape index (κ3) is 3.40. The number of carbonyl (C=O) groups excluding carboxylic acids is 2. The fourth-order valence-corrected chi connectivity index (χ4v) is 4.67. The fraction of sp³-hybridized carbons (Fsp3) is 0.208. The second kappa shape index (κ2) is 8.11. The zero-order valence-corrected chi connectivity index (χ0v) is 18.7. The Morgan fingerprint density at radius 1 is 1.12 bits per heavy atom. The Bertz CT molecular complexity index is 1280. The van der Waals surface area contributed by atoms with Gasteiger partial charge >= 0.3 is 5.97 Å². The van der Waals surface area contributed by atoms with Gasteiger partial charge in [-0.05, 0) is 48.2 Å². The van der Waals surface area contributed by atoms with Crippen LogP contribution in [-0.2, 0) is 9.53 Å². The maximum atomic E-state index is 12.9. The molecular weight excluding hydrogens is 449 g/mol. The number of nitrogens with one attached hydrogen (secondary N) is 1. The zero-order chi connectivity index (χ0) is 22.4. The lowest BCUT2D eigenvalue weighted by atomic mass is 9.85. The summed E-state index contributed by atoms with van der Waals surface area (Å²) < 4.78 is 6.61. The van der Waals surface area contributed by atoms with Crippen molar-refractivity contribution in [1.29, 1.82) is 0 Å². The highest BCUT2D eigenvalue weighted by Crippen LogP contribution is 2.44. The second-order valence-corrected chi connectivity index (χ2v) is 8.60. The first-order valence-corrected chi connectivity index (χ1v) is 11.0. The van der Waals surface area contributed by atoms with Crippen molar-refractivity contribution in [3.63, 3.8) is 0 Å². The summed E-state index contributed by atoms with van der Waals surface area (Å²) in [6.07, 6.45) is 3.86. The van der Waals surface area contributed by atoms with Crippen LogP contribution in [-0.4, -0.2) is 28.6 Å². The Morgan fingerprint density at radius 3 is 2.62 bits per heavy atom. The maximum Gasteiger partial charge on any atom is 0.337 e. The predicted octanol–water partition coefficient (Wildman–Crippen LogP) is 5.67. The van der Waals surface area contributed by atoms with Gasteiger partial charge < -0.3 is 10.1 Å². The first-order valence-electron chi connectivity index (χ1n) is 10.2. The van der Waals surface area contributed by atoms with Crippen LogP contribution in [0.2, 0.25) is 10.0 Å². The number of fused-ring (bicyclic) bond motifs is 1. The number of ketones is 1. The summed E-state index contributed by atoms with van der Waals surface area (Å²) >= 11 is 12.4. The molecule has 0 spiro atoms. The van der Waals surface area contributed by atoms with E-state index < -0.39 is 6.04 Å².